The Labute approximate surface area is 132 Å². The highest BCUT2D eigenvalue weighted by molar-refractivity contribution is 5.46. The van der Waals surface area contributed by atoms with Crippen LogP contribution >= 0.6 is 0 Å². The van der Waals surface area contributed by atoms with Gasteiger partial charge in [-0.05, 0) is 44.4 Å². The van der Waals surface area contributed by atoms with Gasteiger partial charge in [0.2, 0.25) is 6.79 Å². The molecule has 1 saturated carbocycles. The lowest BCUT2D eigenvalue weighted by molar-refractivity contribution is 0.0606. The van der Waals surface area contributed by atoms with Crippen LogP contribution in [0.2, 0.25) is 0 Å². The van der Waals surface area contributed by atoms with Crippen molar-refractivity contribution in [3.05, 3.63) is 29.8 Å². The summed E-state index contributed by atoms with van der Waals surface area (Å²) in [6, 6.07) is 5.65. The molecule has 0 atom stereocenters. The van der Waals surface area contributed by atoms with Crippen molar-refractivity contribution in [2.45, 2.75) is 45.1 Å². The first-order valence-electron chi connectivity index (χ1n) is 8.11. The van der Waals surface area contributed by atoms with Gasteiger partial charge >= 0.3 is 0 Å². The zero-order valence-electron chi connectivity index (χ0n) is 13.2. The fraction of sp³-hybridized carbons (Fsp3) is 0.556. The molecular formula is C18H24O4. The molecule has 4 nitrogen and oxygen atoms in total. The van der Waals surface area contributed by atoms with Crippen molar-refractivity contribution in [1.29, 1.82) is 0 Å². The fourth-order valence-electron chi connectivity index (χ4n) is 2.79. The molecule has 3 rings (SSSR count). The second-order valence-electron chi connectivity index (χ2n) is 5.90. The van der Waals surface area contributed by atoms with E-state index in [-0.39, 0.29) is 0 Å². The van der Waals surface area contributed by atoms with Crippen LogP contribution in [0.3, 0.4) is 0 Å². The van der Waals surface area contributed by atoms with Crippen LogP contribution in [0.4, 0.5) is 0 Å². The topological polar surface area (TPSA) is 36.9 Å². The van der Waals surface area contributed by atoms with E-state index in [0.29, 0.717) is 19.5 Å². The van der Waals surface area contributed by atoms with E-state index in [1.54, 1.807) is 0 Å². The maximum absolute atomic E-state index is 5.88. The molecule has 22 heavy (non-hydrogen) atoms. The molecule has 0 N–H and O–H groups in total. The van der Waals surface area contributed by atoms with Crippen molar-refractivity contribution in [3.8, 4) is 17.2 Å². The molecule has 1 heterocycles. The maximum atomic E-state index is 5.88. The Kier molecular flexibility index (Phi) is 5.22. The Morgan fingerprint density at radius 2 is 2.05 bits per heavy atom. The smallest absolute Gasteiger partial charge is 0.231 e. The van der Waals surface area contributed by atoms with E-state index in [1.165, 1.54) is 31.3 Å². The molecule has 0 saturated heterocycles. The third-order valence-electron chi connectivity index (χ3n) is 4.18. The molecule has 0 aromatic heterocycles. The summed E-state index contributed by atoms with van der Waals surface area (Å²) < 4.78 is 22.2. The van der Waals surface area contributed by atoms with Crippen molar-refractivity contribution >= 4 is 0 Å². The summed E-state index contributed by atoms with van der Waals surface area (Å²) in [7, 11) is 0. The first kappa shape index (κ1) is 15.2. The van der Waals surface area contributed by atoms with Gasteiger partial charge in [0.05, 0.1) is 12.7 Å². The lowest BCUT2D eigenvalue weighted by Crippen LogP contribution is -2.08. The summed E-state index contributed by atoms with van der Waals surface area (Å²) >= 11 is 0. The van der Waals surface area contributed by atoms with Crippen LogP contribution in [0.1, 0.15) is 39.0 Å². The van der Waals surface area contributed by atoms with Crippen molar-refractivity contribution in [2.75, 3.05) is 20.0 Å². The number of rotatable bonds is 7. The van der Waals surface area contributed by atoms with E-state index in [9.17, 15) is 0 Å². The van der Waals surface area contributed by atoms with E-state index in [4.69, 9.17) is 18.9 Å². The highest BCUT2D eigenvalue weighted by atomic mass is 16.7. The molecule has 0 amide bonds. The molecular weight excluding hydrogens is 280 g/mol. The summed E-state index contributed by atoms with van der Waals surface area (Å²) in [5, 5.41) is 0. The summed E-state index contributed by atoms with van der Waals surface area (Å²) in [5.41, 5.74) is 1.30. The van der Waals surface area contributed by atoms with Crippen molar-refractivity contribution < 1.29 is 18.9 Å². The molecule has 1 aromatic rings. The number of fused-ring (bicyclic) bond motifs is 1. The Morgan fingerprint density at radius 3 is 2.91 bits per heavy atom. The molecule has 2 aliphatic rings. The minimum atomic E-state index is 0.290. The van der Waals surface area contributed by atoms with Crippen LogP contribution in [-0.4, -0.2) is 26.1 Å². The van der Waals surface area contributed by atoms with Gasteiger partial charge in [0.25, 0.3) is 0 Å². The van der Waals surface area contributed by atoms with Crippen LogP contribution in [-0.2, 0) is 4.74 Å². The van der Waals surface area contributed by atoms with Gasteiger partial charge in [-0.15, -0.1) is 0 Å². The zero-order chi connectivity index (χ0) is 15.2. The molecule has 0 bridgehead atoms. The molecule has 0 radical (unpaired) electrons. The summed E-state index contributed by atoms with van der Waals surface area (Å²) in [4.78, 5) is 0. The molecule has 120 valence electrons. The second-order valence-corrected chi connectivity index (χ2v) is 5.90. The summed E-state index contributed by atoms with van der Waals surface area (Å²) in [6.45, 7) is 3.80. The molecule has 1 aliphatic carbocycles. The van der Waals surface area contributed by atoms with Crippen LogP contribution in [0.25, 0.3) is 0 Å². The normalized spacial score (nSPS) is 18.0. The minimum Gasteiger partial charge on any atom is -0.489 e. The fourth-order valence-corrected chi connectivity index (χ4v) is 2.79. The second kappa shape index (κ2) is 7.54. The van der Waals surface area contributed by atoms with Gasteiger partial charge in [0.15, 0.2) is 11.5 Å². The molecule has 1 fully saturated rings. The lowest BCUT2D eigenvalue weighted by atomic mass is 10.2. The Hall–Kier alpha value is -1.68. The molecule has 0 spiro atoms. The number of hydrogen-bond acceptors (Lipinski definition) is 4. The Balaban J connectivity index is 1.37. The first-order chi connectivity index (χ1) is 10.8. The van der Waals surface area contributed by atoms with Crippen molar-refractivity contribution in [1.82, 2.24) is 0 Å². The predicted octanol–water partition coefficient (Wildman–Crippen LogP) is 4.09. The molecule has 1 aromatic carbocycles. The largest absolute Gasteiger partial charge is 0.489 e. The lowest BCUT2D eigenvalue weighted by Gasteiger charge is -2.11. The minimum absolute atomic E-state index is 0.290. The monoisotopic (exact) mass is 304 g/mol. The number of ether oxygens (including phenoxy) is 4. The average molecular weight is 304 g/mol. The third-order valence-corrected chi connectivity index (χ3v) is 4.18. The van der Waals surface area contributed by atoms with E-state index < -0.39 is 0 Å². The van der Waals surface area contributed by atoms with Gasteiger partial charge in [-0.1, -0.05) is 18.4 Å². The van der Waals surface area contributed by atoms with Crippen LogP contribution < -0.4 is 14.2 Å². The van der Waals surface area contributed by atoms with E-state index in [1.807, 2.05) is 18.2 Å². The third kappa shape index (κ3) is 4.17. The summed E-state index contributed by atoms with van der Waals surface area (Å²) in [5.74, 6) is 2.34. The zero-order valence-corrected chi connectivity index (χ0v) is 13.2. The van der Waals surface area contributed by atoms with Crippen LogP contribution in [0.15, 0.2) is 29.8 Å². The highest BCUT2D eigenvalue weighted by Gasteiger charge is 2.15. The standard InChI is InChI=1S/C18H24O4/c1-14(8-10-19-15-4-2-3-5-15)9-11-20-16-6-7-17-18(12-16)22-13-21-17/h6-7,9,12,15H,2-5,8,10-11,13H2,1H3. The van der Waals surface area contributed by atoms with Crippen LogP contribution in [0.5, 0.6) is 17.2 Å². The van der Waals surface area contributed by atoms with Gasteiger partial charge in [0, 0.05) is 6.07 Å². The van der Waals surface area contributed by atoms with Crippen molar-refractivity contribution in [3.63, 3.8) is 0 Å². The van der Waals surface area contributed by atoms with E-state index >= 15 is 0 Å². The van der Waals surface area contributed by atoms with Gasteiger partial charge in [-0.25, -0.2) is 0 Å². The van der Waals surface area contributed by atoms with E-state index in [0.717, 1.165) is 30.3 Å². The van der Waals surface area contributed by atoms with Crippen molar-refractivity contribution in [2.24, 2.45) is 0 Å². The summed E-state index contributed by atoms with van der Waals surface area (Å²) in [6.07, 6.45) is 8.69. The predicted molar refractivity (Wildman–Crippen MR) is 84.6 cm³/mol. The van der Waals surface area contributed by atoms with Gasteiger partial charge in [-0.3, -0.25) is 0 Å². The van der Waals surface area contributed by atoms with Crippen LogP contribution in [0, 0.1) is 0 Å². The first-order valence-corrected chi connectivity index (χ1v) is 8.11. The highest BCUT2D eigenvalue weighted by Crippen LogP contribution is 2.35. The maximum Gasteiger partial charge on any atom is 0.231 e. The van der Waals surface area contributed by atoms with E-state index in [2.05, 4.69) is 13.0 Å². The van der Waals surface area contributed by atoms with Gasteiger partial charge in [0.1, 0.15) is 12.4 Å². The molecule has 0 unspecified atom stereocenters. The SMILES string of the molecule is CC(=CCOc1ccc2c(c1)OCO2)CCOC1CCCC1. The Morgan fingerprint density at radius 1 is 1.23 bits per heavy atom. The van der Waals surface area contributed by atoms with Gasteiger partial charge in [-0.2, -0.15) is 0 Å². The number of benzene rings is 1. The molecule has 4 heteroatoms. The van der Waals surface area contributed by atoms with Gasteiger partial charge < -0.3 is 18.9 Å². The number of hydrogen-bond donors (Lipinski definition) is 0. The molecule has 1 aliphatic heterocycles. The quantitative estimate of drug-likeness (QED) is 0.711. The Bertz CT molecular complexity index is 518. The average Bonchev–Trinajstić information content (AvgIpc) is 3.17.